The fourth-order valence-corrected chi connectivity index (χ4v) is 2.80. The molecule has 0 fully saturated rings. The predicted octanol–water partition coefficient (Wildman–Crippen LogP) is 3.38. The topological polar surface area (TPSA) is 76.0 Å². The van der Waals surface area contributed by atoms with E-state index in [0.29, 0.717) is 17.8 Å². The van der Waals surface area contributed by atoms with Crippen LogP contribution in [0.4, 0.5) is 5.69 Å². The van der Waals surface area contributed by atoms with E-state index in [4.69, 9.17) is 0 Å². The predicted molar refractivity (Wildman–Crippen MR) is 104 cm³/mol. The molecule has 0 saturated heterocycles. The number of hydrogen-bond donors (Lipinski definition) is 2. The summed E-state index contributed by atoms with van der Waals surface area (Å²) in [5, 5.41) is 5.74. The molecule has 27 heavy (non-hydrogen) atoms. The lowest BCUT2D eigenvalue weighted by Gasteiger charge is -2.16. The lowest BCUT2D eigenvalue weighted by atomic mass is 10.1. The van der Waals surface area contributed by atoms with Crippen LogP contribution >= 0.6 is 0 Å². The minimum Gasteiger partial charge on any atom is -0.346 e. The zero-order valence-electron chi connectivity index (χ0n) is 15.3. The fraction of sp³-hybridized carbons (Fsp3) is 0.190. The number of nitrogens with one attached hydrogen (secondary N) is 2. The first-order valence-corrected chi connectivity index (χ1v) is 8.74. The maximum atomic E-state index is 12.5. The van der Waals surface area contributed by atoms with Crippen molar-refractivity contribution < 1.29 is 9.59 Å². The van der Waals surface area contributed by atoms with Crippen molar-refractivity contribution in [3.63, 3.8) is 0 Å². The minimum absolute atomic E-state index is 0.125. The first-order chi connectivity index (χ1) is 13.0. The van der Waals surface area contributed by atoms with E-state index in [-0.39, 0.29) is 17.9 Å². The molecular formula is C21H22N4O2. The number of imidazole rings is 1. The number of amides is 2. The van der Waals surface area contributed by atoms with Gasteiger partial charge in [0.1, 0.15) is 0 Å². The Morgan fingerprint density at radius 1 is 1.15 bits per heavy atom. The Morgan fingerprint density at radius 2 is 1.93 bits per heavy atom. The van der Waals surface area contributed by atoms with Crippen molar-refractivity contribution in [3.8, 4) is 0 Å². The molecule has 0 aliphatic rings. The van der Waals surface area contributed by atoms with Gasteiger partial charge in [0.2, 0.25) is 5.91 Å². The molecule has 1 atom stereocenters. The Bertz CT molecular complexity index is 918. The Balaban J connectivity index is 1.63. The van der Waals surface area contributed by atoms with Crippen LogP contribution < -0.4 is 10.6 Å². The Hall–Kier alpha value is -3.41. The largest absolute Gasteiger partial charge is 0.346 e. The molecule has 2 aromatic carbocycles. The van der Waals surface area contributed by atoms with Crippen LogP contribution in [0.1, 0.15) is 41.4 Å². The molecule has 0 spiro atoms. The fourth-order valence-electron chi connectivity index (χ4n) is 2.80. The highest BCUT2D eigenvalue weighted by atomic mass is 16.2. The van der Waals surface area contributed by atoms with Gasteiger partial charge in [0.25, 0.3) is 5.91 Å². The van der Waals surface area contributed by atoms with Crippen LogP contribution in [0.2, 0.25) is 0 Å². The van der Waals surface area contributed by atoms with E-state index >= 15 is 0 Å². The summed E-state index contributed by atoms with van der Waals surface area (Å²) in [6.45, 7) is 4.10. The van der Waals surface area contributed by atoms with Gasteiger partial charge >= 0.3 is 0 Å². The third-order valence-corrected chi connectivity index (χ3v) is 4.20. The molecule has 0 bridgehead atoms. The number of carbonyl (C=O) groups excluding carboxylic acids is 2. The molecule has 1 aromatic heterocycles. The number of rotatable bonds is 6. The van der Waals surface area contributed by atoms with Crippen molar-refractivity contribution in [2.24, 2.45) is 0 Å². The van der Waals surface area contributed by atoms with Crippen molar-refractivity contribution >= 4 is 17.5 Å². The smallest absolute Gasteiger partial charge is 0.251 e. The van der Waals surface area contributed by atoms with Gasteiger partial charge in [-0.25, -0.2) is 4.98 Å². The summed E-state index contributed by atoms with van der Waals surface area (Å²) in [6, 6.07) is 14.8. The zero-order chi connectivity index (χ0) is 19.2. The second-order valence-electron chi connectivity index (χ2n) is 6.43. The van der Waals surface area contributed by atoms with Crippen LogP contribution in [0.3, 0.4) is 0 Å². The molecule has 1 heterocycles. The van der Waals surface area contributed by atoms with Crippen LogP contribution in [0.25, 0.3) is 0 Å². The molecule has 3 aromatic rings. The molecule has 6 nitrogen and oxygen atoms in total. The van der Waals surface area contributed by atoms with E-state index in [2.05, 4.69) is 15.6 Å². The van der Waals surface area contributed by atoms with Crippen molar-refractivity contribution in [1.29, 1.82) is 0 Å². The lowest BCUT2D eigenvalue weighted by Crippen LogP contribution is -2.26. The van der Waals surface area contributed by atoms with Crippen molar-refractivity contribution in [2.45, 2.75) is 26.4 Å². The molecule has 2 N–H and O–H groups in total. The number of nitrogens with zero attached hydrogens (tertiary/aromatic N) is 2. The molecule has 1 unspecified atom stereocenters. The standard InChI is InChI=1S/C21H22N4O2/c1-15(19-4-3-5-20(12-19)24-16(2)26)23-21(27)18-8-6-17(7-9-18)13-25-11-10-22-14-25/h3-12,14-15H,13H2,1-2H3,(H,23,27)(H,24,26). The van der Waals surface area contributed by atoms with E-state index in [1.807, 2.05) is 66.2 Å². The van der Waals surface area contributed by atoms with Crippen LogP contribution in [0.15, 0.2) is 67.3 Å². The van der Waals surface area contributed by atoms with Gasteiger partial charge in [0.05, 0.1) is 12.4 Å². The normalized spacial score (nSPS) is 11.6. The average Bonchev–Trinajstić information content (AvgIpc) is 3.15. The van der Waals surface area contributed by atoms with E-state index < -0.39 is 0 Å². The summed E-state index contributed by atoms with van der Waals surface area (Å²) in [5.74, 6) is -0.263. The van der Waals surface area contributed by atoms with E-state index in [9.17, 15) is 9.59 Å². The van der Waals surface area contributed by atoms with Crippen LogP contribution in [-0.2, 0) is 11.3 Å². The lowest BCUT2D eigenvalue weighted by molar-refractivity contribution is -0.114. The molecule has 2 amide bonds. The van der Waals surface area contributed by atoms with Crippen molar-refractivity contribution in [3.05, 3.63) is 83.9 Å². The number of aromatic nitrogens is 2. The third-order valence-electron chi connectivity index (χ3n) is 4.20. The minimum atomic E-state index is -0.183. The van der Waals surface area contributed by atoms with Gasteiger partial charge in [-0.2, -0.15) is 0 Å². The van der Waals surface area contributed by atoms with Crippen LogP contribution in [-0.4, -0.2) is 21.4 Å². The molecule has 6 heteroatoms. The Morgan fingerprint density at radius 3 is 2.59 bits per heavy atom. The Kier molecular flexibility index (Phi) is 5.66. The summed E-state index contributed by atoms with van der Waals surface area (Å²) in [4.78, 5) is 27.7. The summed E-state index contributed by atoms with van der Waals surface area (Å²) in [5.41, 5.74) is 3.34. The third kappa shape index (κ3) is 5.04. The molecule has 3 rings (SSSR count). The number of hydrogen-bond acceptors (Lipinski definition) is 3. The highest BCUT2D eigenvalue weighted by Gasteiger charge is 2.12. The molecule has 0 aliphatic carbocycles. The van der Waals surface area contributed by atoms with Gasteiger partial charge in [0.15, 0.2) is 0 Å². The summed E-state index contributed by atoms with van der Waals surface area (Å²) in [6.07, 6.45) is 5.40. The maximum Gasteiger partial charge on any atom is 0.251 e. The van der Waals surface area contributed by atoms with Gasteiger partial charge in [-0.1, -0.05) is 24.3 Å². The van der Waals surface area contributed by atoms with Crippen LogP contribution in [0, 0.1) is 0 Å². The molecule has 138 valence electrons. The van der Waals surface area contributed by atoms with Crippen LogP contribution in [0.5, 0.6) is 0 Å². The monoisotopic (exact) mass is 362 g/mol. The molecular weight excluding hydrogens is 340 g/mol. The number of carbonyl (C=O) groups is 2. The number of anilines is 1. The average molecular weight is 362 g/mol. The SMILES string of the molecule is CC(=O)Nc1cccc(C(C)NC(=O)c2ccc(Cn3ccnc3)cc2)c1. The molecule has 0 saturated carbocycles. The first-order valence-electron chi connectivity index (χ1n) is 8.74. The Labute approximate surface area is 158 Å². The van der Waals surface area contributed by atoms with Gasteiger partial charge in [-0.05, 0) is 42.3 Å². The van der Waals surface area contributed by atoms with Crippen molar-refractivity contribution in [2.75, 3.05) is 5.32 Å². The highest BCUT2D eigenvalue weighted by molar-refractivity contribution is 5.94. The highest BCUT2D eigenvalue weighted by Crippen LogP contribution is 2.18. The summed E-state index contributed by atoms with van der Waals surface area (Å²) >= 11 is 0. The van der Waals surface area contributed by atoms with E-state index in [1.54, 1.807) is 12.5 Å². The van der Waals surface area contributed by atoms with Gasteiger partial charge in [0, 0.05) is 37.1 Å². The van der Waals surface area contributed by atoms with E-state index in [0.717, 1.165) is 11.1 Å². The summed E-state index contributed by atoms with van der Waals surface area (Å²) in [7, 11) is 0. The summed E-state index contributed by atoms with van der Waals surface area (Å²) < 4.78 is 1.97. The first kappa shape index (κ1) is 18.4. The quantitative estimate of drug-likeness (QED) is 0.706. The number of benzene rings is 2. The van der Waals surface area contributed by atoms with Gasteiger partial charge in [-0.15, -0.1) is 0 Å². The molecule has 0 radical (unpaired) electrons. The van der Waals surface area contributed by atoms with Gasteiger partial charge < -0.3 is 15.2 Å². The maximum absolute atomic E-state index is 12.5. The second-order valence-corrected chi connectivity index (χ2v) is 6.43. The second kappa shape index (κ2) is 8.31. The molecule has 0 aliphatic heterocycles. The zero-order valence-corrected chi connectivity index (χ0v) is 15.3. The van der Waals surface area contributed by atoms with Crippen molar-refractivity contribution in [1.82, 2.24) is 14.9 Å². The van der Waals surface area contributed by atoms with Gasteiger partial charge in [-0.3, -0.25) is 9.59 Å². The van der Waals surface area contributed by atoms with E-state index in [1.165, 1.54) is 6.92 Å².